The Kier molecular flexibility index (Phi) is 5.68. The van der Waals surface area contributed by atoms with Crippen LogP contribution in [0.3, 0.4) is 0 Å². The van der Waals surface area contributed by atoms with E-state index >= 15 is 0 Å². The van der Waals surface area contributed by atoms with Gasteiger partial charge in [0.05, 0.1) is 4.91 Å². The molecule has 3 heterocycles. The standard InChI is InChI=1S/C22H22N4O7S/c27-17(11-26-19(29)22(24-20(26)30)5-1-2-6-22)23-7-8-25-18(28)16(34-21(25)31)10-13-3-4-14-15(9-13)33-12-32-14/h3-4,9-10H,1-2,5-8,11-12H2,(H,23,27)(H,24,30)/b16-10+. The van der Waals surface area contributed by atoms with Gasteiger partial charge in [-0.3, -0.25) is 29.0 Å². The highest BCUT2D eigenvalue weighted by Gasteiger charge is 2.52. The molecule has 178 valence electrons. The second-order valence-corrected chi connectivity index (χ2v) is 9.40. The fourth-order valence-electron chi connectivity index (χ4n) is 4.49. The van der Waals surface area contributed by atoms with Crippen molar-refractivity contribution in [2.75, 3.05) is 26.4 Å². The van der Waals surface area contributed by atoms with Gasteiger partial charge in [0.1, 0.15) is 12.1 Å². The number of rotatable bonds is 6. The highest BCUT2D eigenvalue weighted by Crippen LogP contribution is 2.36. The molecule has 6 amide bonds. The summed E-state index contributed by atoms with van der Waals surface area (Å²) in [6.45, 7) is -0.293. The van der Waals surface area contributed by atoms with E-state index in [9.17, 15) is 24.0 Å². The summed E-state index contributed by atoms with van der Waals surface area (Å²) in [6, 6.07) is 4.64. The van der Waals surface area contributed by atoms with E-state index in [2.05, 4.69) is 10.6 Å². The summed E-state index contributed by atoms with van der Waals surface area (Å²) in [5.41, 5.74) is -0.180. The molecule has 2 N–H and O–H groups in total. The lowest BCUT2D eigenvalue weighted by Gasteiger charge is -2.20. The molecule has 1 aromatic carbocycles. The van der Waals surface area contributed by atoms with E-state index in [4.69, 9.17) is 9.47 Å². The summed E-state index contributed by atoms with van der Waals surface area (Å²) in [5, 5.41) is 4.85. The number of nitrogens with zero attached hydrogens (tertiary/aromatic N) is 2. The summed E-state index contributed by atoms with van der Waals surface area (Å²) in [7, 11) is 0. The van der Waals surface area contributed by atoms with Crippen LogP contribution in [0.15, 0.2) is 23.1 Å². The minimum atomic E-state index is -0.871. The maximum absolute atomic E-state index is 12.7. The van der Waals surface area contributed by atoms with Crippen LogP contribution < -0.4 is 20.1 Å². The molecule has 2 saturated heterocycles. The first-order chi connectivity index (χ1) is 16.4. The molecule has 0 aromatic heterocycles. The van der Waals surface area contributed by atoms with Gasteiger partial charge >= 0.3 is 6.03 Å². The number of hydrogen-bond donors (Lipinski definition) is 2. The molecule has 0 radical (unpaired) electrons. The molecule has 0 bridgehead atoms. The van der Waals surface area contributed by atoms with Gasteiger partial charge < -0.3 is 20.1 Å². The van der Waals surface area contributed by atoms with E-state index in [1.165, 1.54) is 0 Å². The van der Waals surface area contributed by atoms with Crippen molar-refractivity contribution in [2.45, 2.75) is 31.2 Å². The summed E-state index contributed by atoms with van der Waals surface area (Å²) in [6.07, 6.45) is 4.46. The van der Waals surface area contributed by atoms with E-state index in [-0.39, 0.29) is 30.7 Å². The Hall–Kier alpha value is -3.54. The second kappa shape index (κ2) is 8.67. The Morgan fingerprint density at radius 3 is 2.68 bits per heavy atom. The molecule has 1 aromatic rings. The van der Waals surface area contributed by atoms with Crippen LogP contribution in [0.1, 0.15) is 31.2 Å². The topological polar surface area (TPSA) is 134 Å². The quantitative estimate of drug-likeness (QED) is 0.456. The van der Waals surface area contributed by atoms with Gasteiger partial charge in [0.25, 0.3) is 17.1 Å². The van der Waals surface area contributed by atoms with Crippen LogP contribution in [0.4, 0.5) is 9.59 Å². The summed E-state index contributed by atoms with van der Waals surface area (Å²) in [4.78, 5) is 64.4. The molecule has 4 aliphatic rings. The van der Waals surface area contributed by atoms with Crippen LogP contribution in [0.5, 0.6) is 11.5 Å². The first-order valence-electron chi connectivity index (χ1n) is 10.9. The van der Waals surface area contributed by atoms with E-state index in [1.54, 1.807) is 24.3 Å². The summed E-state index contributed by atoms with van der Waals surface area (Å²) in [5.74, 6) is -0.183. The van der Waals surface area contributed by atoms with Crippen molar-refractivity contribution in [1.82, 2.24) is 20.4 Å². The molecule has 1 aliphatic carbocycles. The molecule has 1 spiro atoms. The van der Waals surface area contributed by atoms with Crippen molar-refractivity contribution in [1.29, 1.82) is 0 Å². The Balaban J connectivity index is 1.14. The lowest BCUT2D eigenvalue weighted by molar-refractivity contribution is -0.134. The third-order valence-electron chi connectivity index (χ3n) is 6.23. The van der Waals surface area contributed by atoms with Gasteiger partial charge in [0.2, 0.25) is 12.7 Å². The number of benzene rings is 1. The molecule has 11 nitrogen and oxygen atoms in total. The van der Waals surface area contributed by atoms with Gasteiger partial charge in [0, 0.05) is 13.1 Å². The van der Waals surface area contributed by atoms with Crippen LogP contribution in [-0.2, 0) is 14.4 Å². The predicted octanol–water partition coefficient (Wildman–Crippen LogP) is 1.43. The van der Waals surface area contributed by atoms with E-state index in [0.29, 0.717) is 29.9 Å². The SMILES string of the molecule is O=C(CN1C(=O)NC2(CCCC2)C1=O)NCCN1C(=O)S/C(=C/c2ccc3c(c2)OCO3)C1=O. The zero-order chi connectivity index (χ0) is 23.9. The highest BCUT2D eigenvalue weighted by atomic mass is 32.2. The fourth-order valence-corrected chi connectivity index (χ4v) is 5.36. The number of imide groups is 2. The number of ether oxygens (including phenoxy) is 2. The maximum Gasteiger partial charge on any atom is 0.325 e. The van der Waals surface area contributed by atoms with Crippen LogP contribution in [-0.4, -0.2) is 70.8 Å². The zero-order valence-electron chi connectivity index (χ0n) is 18.1. The van der Waals surface area contributed by atoms with Gasteiger partial charge in [-0.1, -0.05) is 18.9 Å². The smallest absolute Gasteiger partial charge is 0.325 e. The number of carbonyl (C=O) groups excluding carboxylic acids is 5. The highest BCUT2D eigenvalue weighted by molar-refractivity contribution is 8.18. The van der Waals surface area contributed by atoms with Crippen molar-refractivity contribution >= 4 is 46.8 Å². The van der Waals surface area contributed by atoms with Crippen molar-refractivity contribution in [3.8, 4) is 11.5 Å². The average molecular weight is 487 g/mol. The predicted molar refractivity (Wildman–Crippen MR) is 120 cm³/mol. The van der Waals surface area contributed by atoms with Crippen LogP contribution in [0, 0.1) is 0 Å². The molecule has 0 atom stereocenters. The Morgan fingerprint density at radius 2 is 1.88 bits per heavy atom. The minimum Gasteiger partial charge on any atom is -0.454 e. The van der Waals surface area contributed by atoms with Crippen molar-refractivity contribution in [2.24, 2.45) is 0 Å². The molecular formula is C22H22N4O7S. The van der Waals surface area contributed by atoms with Crippen LogP contribution in [0.2, 0.25) is 0 Å². The van der Waals surface area contributed by atoms with E-state index in [0.717, 1.165) is 34.4 Å². The molecular weight excluding hydrogens is 464 g/mol. The van der Waals surface area contributed by atoms with E-state index in [1.807, 2.05) is 0 Å². The lowest BCUT2D eigenvalue weighted by atomic mass is 9.98. The molecule has 1 saturated carbocycles. The molecule has 3 aliphatic heterocycles. The number of thioether (sulfide) groups is 1. The number of fused-ring (bicyclic) bond motifs is 1. The third-order valence-corrected chi connectivity index (χ3v) is 7.14. The number of carbonyl (C=O) groups is 5. The number of nitrogens with one attached hydrogen (secondary N) is 2. The van der Waals surface area contributed by atoms with Gasteiger partial charge in [0.15, 0.2) is 11.5 Å². The number of urea groups is 1. The van der Waals surface area contributed by atoms with Crippen LogP contribution in [0.25, 0.3) is 6.08 Å². The van der Waals surface area contributed by atoms with Crippen LogP contribution >= 0.6 is 11.8 Å². The number of hydrogen-bond acceptors (Lipinski definition) is 8. The molecule has 5 rings (SSSR count). The minimum absolute atomic E-state index is 0.00295. The molecule has 0 unspecified atom stereocenters. The molecule has 12 heteroatoms. The van der Waals surface area contributed by atoms with Gasteiger partial charge in [-0.05, 0) is 48.4 Å². The van der Waals surface area contributed by atoms with Gasteiger partial charge in [-0.25, -0.2) is 4.79 Å². The monoisotopic (exact) mass is 486 g/mol. The van der Waals surface area contributed by atoms with E-state index < -0.39 is 35.2 Å². The fraction of sp³-hybridized carbons (Fsp3) is 0.409. The first kappa shape index (κ1) is 22.3. The zero-order valence-corrected chi connectivity index (χ0v) is 18.9. The summed E-state index contributed by atoms with van der Waals surface area (Å²) >= 11 is 0.814. The van der Waals surface area contributed by atoms with Gasteiger partial charge in [-0.15, -0.1) is 0 Å². The Bertz CT molecular complexity index is 1130. The third kappa shape index (κ3) is 3.98. The average Bonchev–Trinajstić information content (AvgIpc) is 3.57. The van der Waals surface area contributed by atoms with Crippen molar-refractivity contribution < 1.29 is 33.4 Å². The summed E-state index contributed by atoms with van der Waals surface area (Å²) < 4.78 is 10.6. The van der Waals surface area contributed by atoms with Crippen molar-refractivity contribution in [3.05, 3.63) is 28.7 Å². The number of amides is 6. The lowest BCUT2D eigenvalue weighted by Crippen LogP contribution is -2.46. The molecule has 3 fully saturated rings. The normalized spacial score (nSPS) is 21.8. The first-order valence-corrected chi connectivity index (χ1v) is 11.7. The Morgan fingerprint density at radius 1 is 1.12 bits per heavy atom. The largest absolute Gasteiger partial charge is 0.454 e. The second-order valence-electron chi connectivity index (χ2n) is 8.41. The van der Waals surface area contributed by atoms with Gasteiger partial charge in [-0.2, -0.15) is 0 Å². The van der Waals surface area contributed by atoms with Crippen molar-refractivity contribution in [3.63, 3.8) is 0 Å². The Labute approximate surface area is 198 Å². The maximum atomic E-state index is 12.7. The molecule has 34 heavy (non-hydrogen) atoms.